The smallest absolute Gasteiger partial charge is 0.267 e. The molecule has 0 fully saturated rings. The molecule has 0 spiro atoms. The first-order chi connectivity index (χ1) is 9.40. The molecule has 0 amide bonds. The topological polar surface area (TPSA) is 89.1 Å². The number of hydrogen-bond donors (Lipinski definition) is 1. The van der Waals surface area contributed by atoms with Gasteiger partial charge in [-0.25, -0.2) is 8.99 Å². The number of rotatable bonds is 5. The van der Waals surface area contributed by atoms with Crippen molar-refractivity contribution in [2.75, 3.05) is 6.26 Å². The summed E-state index contributed by atoms with van der Waals surface area (Å²) in [5, 5.41) is 3.81. The van der Waals surface area contributed by atoms with Crippen LogP contribution in [0.5, 0.6) is 5.75 Å². The van der Waals surface area contributed by atoms with Crippen LogP contribution in [0.15, 0.2) is 33.7 Å². The lowest BCUT2D eigenvalue weighted by Crippen LogP contribution is -2.04. The Balaban J connectivity index is 2.10. The fourth-order valence-electron chi connectivity index (χ4n) is 1.61. The van der Waals surface area contributed by atoms with Crippen LogP contribution in [0.4, 0.5) is 0 Å². The summed E-state index contributed by atoms with van der Waals surface area (Å²) in [5.41, 5.74) is 0. The van der Waals surface area contributed by atoms with Gasteiger partial charge in [0.25, 0.3) is 5.89 Å². The van der Waals surface area contributed by atoms with E-state index in [1.807, 2.05) is 13.8 Å². The zero-order valence-corrected chi connectivity index (χ0v) is 12.4. The maximum atomic E-state index is 11.6. The minimum absolute atomic E-state index is 0.365. The predicted molar refractivity (Wildman–Crippen MR) is 74.2 cm³/mol. The summed E-state index contributed by atoms with van der Waals surface area (Å²) >= 11 is 0. The molecule has 0 saturated heterocycles. The van der Waals surface area contributed by atoms with Gasteiger partial charge in [-0.2, -0.15) is 4.98 Å². The number of benzene rings is 1. The molecule has 7 heteroatoms. The van der Waals surface area contributed by atoms with Crippen LogP contribution < -0.4 is 4.74 Å². The minimum Gasteiger partial charge on any atom is -0.481 e. The number of ether oxygens (including phenoxy) is 1. The number of aryl methyl sites for hydroxylation is 1. The summed E-state index contributed by atoms with van der Waals surface area (Å²) in [6.45, 7) is 3.76. The SMILES string of the molecule is CCc1noc(C(C)Oc2ccc(S(C)(=N)=O)cc2)n1. The molecule has 2 unspecified atom stereocenters. The summed E-state index contributed by atoms with van der Waals surface area (Å²) < 4.78 is 29.9. The maximum Gasteiger partial charge on any atom is 0.267 e. The monoisotopic (exact) mass is 295 g/mol. The quantitative estimate of drug-likeness (QED) is 0.916. The molecule has 2 aromatic rings. The van der Waals surface area contributed by atoms with Crippen LogP contribution in [0.25, 0.3) is 0 Å². The van der Waals surface area contributed by atoms with Crippen molar-refractivity contribution in [1.29, 1.82) is 4.78 Å². The lowest BCUT2D eigenvalue weighted by molar-refractivity contribution is 0.175. The molecule has 0 aliphatic rings. The Kier molecular flexibility index (Phi) is 4.08. The Bertz CT molecular complexity index is 677. The van der Waals surface area contributed by atoms with E-state index in [-0.39, 0.29) is 6.10 Å². The Morgan fingerprint density at radius 3 is 2.55 bits per heavy atom. The highest BCUT2D eigenvalue weighted by molar-refractivity contribution is 7.91. The van der Waals surface area contributed by atoms with Crippen LogP contribution in [0.3, 0.4) is 0 Å². The van der Waals surface area contributed by atoms with Crippen LogP contribution in [0.2, 0.25) is 0 Å². The molecular weight excluding hydrogens is 278 g/mol. The highest BCUT2D eigenvalue weighted by Crippen LogP contribution is 2.22. The highest BCUT2D eigenvalue weighted by atomic mass is 32.2. The van der Waals surface area contributed by atoms with Crippen molar-refractivity contribution < 1.29 is 13.5 Å². The highest BCUT2D eigenvalue weighted by Gasteiger charge is 2.15. The van der Waals surface area contributed by atoms with E-state index < -0.39 is 9.73 Å². The molecule has 20 heavy (non-hydrogen) atoms. The first-order valence-corrected chi connectivity index (χ1v) is 8.19. The lowest BCUT2D eigenvalue weighted by Gasteiger charge is -2.11. The van der Waals surface area contributed by atoms with E-state index in [0.717, 1.165) is 0 Å². The van der Waals surface area contributed by atoms with E-state index in [1.54, 1.807) is 24.3 Å². The average molecular weight is 295 g/mol. The van der Waals surface area contributed by atoms with Crippen molar-refractivity contribution >= 4 is 9.73 Å². The van der Waals surface area contributed by atoms with Gasteiger partial charge in [0.15, 0.2) is 11.9 Å². The summed E-state index contributed by atoms with van der Waals surface area (Å²) in [7, 11) is -2.70. The van der Waals surface area contributed by atoms with Crippen molar-refractivity contribution in [1.82, 2.24) is 10.1 Å². The largest absolute Gasteiger partial charge is 0.481 e. The predicted octanol–water partition coefficient (Wildman–Crippen LogP) is 2.81. The van der Waals surface area contributed by atoms with Crippen molar-refractivity contribution in [3.63, 3.8) is 0 Å². The fraction of sp³-hybridized carbons (Fsp3) is 0.385. The fourth-order valence-corrected chi connectivity index (χ4v) is 2.26. The Hall–Kier alpha value is -1.89. The van der Waals surface area contributed by atoms with Gasteiger partial charge >= 0.3 is 0 Å². The lowest BCUT2D eigenvalue weighted by atomic mass is 10.3. The van der Waals surface area contributed by atoms with Crippen LogP contribution in [-0.4, -0.2) is 20.6 Å². The van der Waals surface area contributed by atoms with E-state index in [0.29, 0.717) is 28.8 Å². The van der Waals surface area contributed by atoms with Gasteiger partial charge in [0, 0.05) is 17.6 Å². The number of aromatic nitrogens is 2. The van der Waals surface area contributed by atoms with Gasteiger partial charge in [0.2, 0.25) is 0 Å². The minimum atomic E-state index is -2.70. The van der Waals surface area contributed by atoms with Gasteiger partial charge < -0.3 is 9.26 Å². The van der Waals surface area contributed by atoms with E-state index >= 15 is 0 Å². The molecule has 1 aromatic carbocycles. The third-order valence-corrected chi connectivity index (χ3v) is 3.91. The van der Waals surface area contributed by atoms with E-state index in [1.165, 1.54) is 6.26 Å². The number of nitrogens with zero attached hydrogens (tertiary/aromatic N) is 2. The van der Waals surface area contributed by atoms with E-state index in [2.05, 4.69) is 10.1 Å². The molecule has 2 rings (SSSR count). The third kappa shape index (κ3) is 3.36. The Labute approximate surface area is 118 Å². The van der Waals surface area contributed by atoms with Gasteiger partial charge in [-0.3, -0.25) is 0 Å². The third-order valence-electron chi connectivity index (χ3n) is 2.73. The Morgan fingerprint density at radius 2 is 2.05 bits per heavy atom. The maximum absolute atomic E-state index is 11.6. The molecule has 0 saturated carbocycles. The molecular formula is C13H17N3O3S. The molecule has 2 atom stereocenters. The number of nitrogens with one attached hydrogen (secondary N) is 1. The molecule has 0 aliphatic heterocycles. The first-order valence-electron chi connectivity index (χ1n) is 6.23. The Morgan fingerprint density at radius 1 is 1.40 bits per heavy atom. The standard InChI is InChI=1S/C13H17N3O3S/c1-4-12-15-13(19-16-12)9(2)18-10-5-7-11(8-6-10)20(3,14)17/h5-9,14H,4H2,1-3H3. The van der Waals surface area contributed by atoms with Crippen LogP contribution in [0.1, 0.15) is 31.7 Å². The van der Waals surface area contributed by atoms with E-state index in [4.69, 9.17) is 14.0 Å². The molecule has 0 radical (unpaired) electrons. The molecule has 6 nitrogen and oxygen atoms in total. The van der Waals surface area contributed by atoms with Crippen molar-refractivity contribution in [3.8, 4) is 5.75 Å². The molecule has 1 heterocycles. The zero-order valence-electron chi connectivity index (χ0n) is 11.6. The normalized spacial score (nSPS) is 15.6. The second-order valence-electron chi connectivity index (χ2n) is 4.48. The molecule has 0 aliphatic carbocycles. The van der Waals surface area contributed by atoms with Gasteiger partial charge in [-0.05, 0) is 31.2 Å². The van der Waals surface area contributed by atoms with Gasteiger partial charge in [0.05, 0.1) is 9.73 Å². The number of hydrogen-bond acceptors (Lipinski definition) is 6. The molecule has 0 bridgehead atoms. The second kappa shape index (κ2) is 5.62. The summed E-state index contributed by atoms with van der Waals surface area (Å²) in [5.74, 6) is 1.66. The molecule has 108 valence electrons. The van der Waals surface area contributed by atoms with Gasteiger partial charge in [-0.1, -0.05) is 12.1 Å². The summed E-state index contributed by atoms with van der Waals surface area (Å²) in [6.07, 6.45) is 1.73. The first kappa shape index (κ1) is 14.5. The van der Waals surface area contributed by atoms with Crippen molar-refractivity contribution in [2.24, 2.45) is 0 Å². The average Bonchev–Trinajstić information content (AvgIpc) is 2.87. The summed E-state index contributed by atoms with van der Waals surface area (Å²) in [6, 6.07) is 6.62. The van der Waals surface area contributed by atoms with Gasteiger partial charge in [-0.15, -0.1) is 0 Å². The van der Waals surface area contributed by atoms with Crippen molar-refractivity contribution in [3.05, 3.63) is 36.0 Å². The summed E-state index contributed by atoms with van der Waals surface area (Å²) in [4.78, 5) is 4.68. The molecule has 1 aromatic heterocycles. The zero-order chi connectivity index (χ0) is 14.8. The van der Waals surface area contributed by atoms with Gasteiger partial charge in [0.1, 0.15) is 5.75 Å². The second-order valence-corrected chi connectivity index (χ2v) is 6.64. The van der Waals surface area contributed by atoms with Crippen LogP contribution in [0, 0.1) is 4.78 Å². The van der Waals surface area contributed by atoms with Crippen LogP contribution >= 0.6 is 0 Å². The van der Waals surface area contributed by atoms with Crippen LogP contribution in [-0.2, 0) is 16.1 Å². The molecule has 1 N–H and O–H groups in total. The van der Waals surface area contributed by atoms with Crippen molar-refractivity contribution in [2.45, 2.75) is 31.3 Å². The van der Waals surface area contributed by atoms with E-state index in [9.17, 15) is 4.21 Å².